The molecule has 0 saturated heterocycles. The summed E-state index contributed by atoms with van der Waals surface area (Å²) in [5, 5.41) is 2.35. The molecule has 7 nitrogen and oxygen atoms in total. The number of rotatable bonds is 4. The second-order valence-corrected chi connectivity index (χ2v) is 7.26. The number of nitrogens with zero attached hydrogens (tertiary/aromatic N) is 1. The van der Waals surface area contributed by atoms with E-state index in [0.717, 1.165) is 0 Å². The lowest BCUT2D eigenvalue weighted by molar-refractivity contribution is -0.119. The van der Waals surface area contributed by atoms with Crippen LogP contribution in [0.2, 0.25) is 10.2 Å². The standard InChI is InChI=1S/C22H12Cl2N2O5/c23-18-14(22(30)31-10-16(27)26-15-6-3-9-25-21(15)24)8-7-13-17(18)20(29)12-5-2-1-4-11(12)19(13)28/h1-9H,10H2,(H,26,27). The van der Waals surface area contributed by atoms with Crippen molar-refractivity contribution >= 4 is 52.3 Å². The van der Waals surface area contributed by atoms with E-state index in [-0.39, 0.29) is 49.5 Å². The van der Waals surface area contributed by atoms with Gasteiger partial charge in [-0.1, -0.05) is 47.5 Å². The molecule has 0 saturated carbocycles. The Morgan fingerprint density at radius 3 is 2.32 bits per heavy atom. The van der Waals surface area contributed by atoms with Crippen molar-refractivity contribution in [2.24, 2.45) is 0 Å². The summed E-state index contributed by atoms with van der Waals surface area (Å²) in [5.41, 5.74) is 0.658. The van der Waals surface area contributed by atoms with Gasteiger partial charge in [0, 0.05) is 22.9 Å². The average molecular weight is 455 g/mol. The van der Waals surface area contributed by atoms with Crippen LogP contribution in [-0.4, -0.2) is 35.0 Å². The number of hydrogen-bond donors (Lipinski definition) is 1. The molecule has 9 heteroatoms. The van der Waals surface area contributed by atoms with Gasteiger partial charge in [-0.3, -0.25) is 14.4 Å². The molecule has 0 unspecified atom stereocenters. The number of nitrogens with one attached hydrogen (secondary N) is 1. The third-order valence-corrected chi connectivity index (χ3v) is 5.31. The molecule has 2 aromatic carbocycles. The predicted molar refractivity (Wildman–Crippen MR) is 113 cm³/mol. The summed E-state index contributed by atoms with van der Waals surface area (Å²) in [6, 6.07) is 12.1. The Morgan fingerprint density at radius 2 is 1.61 bits per heavy atom. The first-order valence-electron chi connectivity index (χ1n) is 8.97. The summed E-state index contributed by atoms with van der Waals surface area (Å²) in [6.07, 6.45) is 1.46. The number of carbonyl (C=O) groups excluding carboxylic acids is 4. The summed E-state index contributed by atoms with van der Waals surface area (Å²) in [5.74, 6) is -2.38. The van der Waals surface area contributed by atoms with Gasteiger partial charge in [-0.05, 0) is 24.3 Å². The molecule has 0 aliphatic heterocycles. The highest BCUT2D eigenvalue weighted by Crippen LogP contribution is 2.34. The molecule has 4 rings (SSSR count). The van der Waals surface area contributed by atoms with E-state index in [1.165, 1.54) is 30.5 Å². The molecule has 0 radical (unpaired) electrons. The van der Waals surface area contributed by atoms with Gasteiger partial charge in [-0.15, -0.1) is 0 Å². The van der Waals surface area contributed by atoms with E-state index in [4.69, 9.17) is 27.9 Å². The quantitative estimate of drug-likeness (QED) is 0.369. The average Bonchev–Trinajstić information content (AvgIpc) is 2.77. The Labute approximate surface area is 186 Å². The molecule has 31 heavy (non-hydrogen) atoms. The monoisotopic (exact) mass is 454 g/mol. The van der Waals surface area contributed by atoms with Crippen molar-refractivity contribution < 1.29 is 23.9 Å². The highest BCUT2D eigenvalue weighted by Gasteiger charge is 2.33. The number of halogens is 2. The molecule has 1 heterocycles. The molecule has 154 valence electrons. The van der Waals surface area contributed by atoms with Gasteiger partial charge in [-0.25, -0.2) is 9.78 Å². The van der Waals surface area contributed by atoms with Crippen LogP contribution in [0.1, 0.15) is 42.2 Å². The first-order chi connectivity index (χ1) is 14.9. The van der Waals surface area contributed by atoms with Crippen LogP contribution in [0.3, 0.4) is 0 Å². The molecule has 1 aromatic heterocycles. The summed E-state index contributed by atoms with van der Waals surface area (Å²) in [6.45, 7) is -0.618. The smallest absolute Gasteiger partial charge is 0.340 e. The molecule has 1 aliphatic rings. The van der Waals surface area contributed by atoms with Crippen LogP contribution in [0.5, 0.6) is 0 Å². The van der Waals surface area contributed by atoms with Gasteiger partial charge in [0.2, 0.25) is 0 Å². The number of hydrogen-bond acceptors (Lipinski definition) is 6. The fourth-order valence-electron chi connectivity index (χ4n) is 3.18. The third-order valence-electron chi connectivity index (χ3n) is 4.62. The highest BCUT2D eigenvalue weighted by molar-refractivity contribution is 6.41. The van der Waals surface area contributed by atoms with Crippen molar-refractivity contribution in [1.82, 2.24) is 4.98 Å². The largest absolute Gasteiger partial charge is 0.452 e. The fourth-order valence-corrected chi connectivity index (χ4v) is 3.67. The number of ketones is 2. The zero-order valence-electron chi connectivity index (χ0n) is 15.6. The minimum absolute atomic E-state index is 0.0635. The summed E-state index contributed by atoms with van der Waals surface area (Å²) < 4.78 is 5.01. The topological polar surface area (TPSA) is 102 Å². The fraction of sp³-hybridized carbons (Fsp3) is 0.0455. The SMILES string of the molecule is O=C(COC(=O)c1ccc2c(c1Cl)C(=O)c1ccccc1C2=O)Nc1cccnc1Cl. The number of fused-ring (bicyclic) bond motifs is 2. The molecule has 1 N–H and O–H groups in total. The summed E-state index contributed by atoms with van der Waals surface area (Å²) in [4.78, 5) is 53.9. The van der Waals surface area contributed by atoms with E-state index < -0.39 is 24.3 Å². The normalized spacial score (nSPS) is 12.1. The van der Waals surface area contributed by atoms with Crippen LogP contribution < -0.4 is 5.32 Å². The van der Waals surface area contributed by atoms with Crippen molar-refractivity contribution in [2.45, 2.75) is 0 Å². The van der Waals surface area contributed by atoms with Gasteiger partial charge in [-0.2, -0.15) is 0 Å². The van der Waals surface area contributed by atoms with Crippen LogP contribution in [0.25, 0.3) is 0 Å². The Morgan fingerprint density at radius 1 is 0.903 bits per heavy atom. The van der Waals surface area contributed by atoms with Crippen LogP contribution in [0.4, 0.5) is 5.69 Å². The zero-order valence-corrected chi connectivity index (χ0v) is 17.2. The van der Waals surface area contributed by atoms with Crippen molar-refractivity contribution in [3.63, 3.8) is 0 Å². The molecular weight excluding hydrogens is 443 g/mol. The van der Waals surface area contributed by atoms with Gasteiger partial charge in [0.15, 0.2) is 23.3 Å². The Bertz CT molecular complexity index is 1270. The number of ether oxygens (including phenoxy) is 1. The van der Waals surface area contributed by atoms with Crippen LogP contribution in [0, 0.1) is 0 Å². The molecule has 0 fully saturated rings. The molecule has 3 aromatic rings. The van der Waals surface area contributed by atoms with Gasteiger partial charge >= 0.3 is 5.97 Å². The molecule has 1 aliphatic carbocycles. The number of aromatic nitrogens is 1. The van der Waals surface area contributed by atoms with Gasteiger partial charge < -0.3 is 10.1 Å². The number of anilines is 1. The molecular formula is C22H12Cl2N2O5. The minimum atomic E-state index is -0.917. The summed E-state index contributed by atoms with van der Waals surface area (Å²) in [7, 11) is 0. The van der Waals surface area contributed by atoms with E-state index in [9.17, 15) is 19.2 Å². The maximum absolute atomic E-state index is 12.9. The molecule has 0 atom stereocenters. The maximum atomic E-state index is 12.9. The number of carbonyl (C=O) groups is 4. The van der Waals surface area contributed by atoms with E-state index in [2.05, 4.69) is 10.3 Å². The van der Waals surface area contributed by atoms with Crippen LogP contribution in [0.15, 0.2) is 54.7 Å². The van der Waals surface area contributed by atoms with E-state index in [1.807, 2.05) is 0 Å². The van der Waals surface area contributed by atoms with Gasteiger partial charge in [0.05, 0.1) is 21.8 Å². The molecule has 1 amide bonds. The Balaban J connectivity index is 1.54. The van der Waals surface area contributed by atoms with E-state index in [0.29, 0.717) is 0 Å². The van der Waals surface area contributed by atoms with Crippen LogP contribution >= 0.6 is 23.2 Å². The van der Waals surface area contributed by atoms with E-state index in [1.54, 1.807) is 24.3 Å². The van der Waals surface area contributed by atoms with E-state index >= 15 is 0 Å². The maximum Gasteiger partial charge on any atom is 0.340 e. The number of pyridine rings is 1. The first-order valence-corrected chi connectivity index (χ1v) is 9.72. The number of esters is 1. The molecule has 0 bridgehead atoms. The number of amides is 1. The molecule has 0 spiro atoms. The highest BCUT2D eigenvalue weighted by atomic mass is 35.5. The first kappa shape index (κ1) is 20.7. The van der Waals surface area contributed by atoms with Gasteiger partial charge in [0.1, 0.15) is 0 Å². The number of benzene rings is 2. The van der Waals surface area contributed by atoms with Crippen molar-refractivity contribution in [3.05, 3.63) is 92.7 Å². The third kappa shape index (κ3) is 3.81. The Hall–Kier alpha value is -3.55. The van der Waals surface area contributed by atoms with Crippen molar-refractivity contribution in [1.29, 1.82) is 0 Å². The predicted octanol–water partition coefficient (Wildman–Crippen LogP) is 3.96. The second kappa shape index (κ2) is 8.29. The summed E-state index contributed by atoms with van der Waals surface area (Å²) >= 11 is 12.2. The lowest BCUT2D eigenvalue weighted by atomic mass is 9.83. The van der Waals surface area contributed by atoms with Crippen LogP contribution in [-0.2, 0) is 9.53 Å². The lowest BCUT2D eigenvalue weighted by Crippen LogP contribution is -2.24. The Kier molecular flexibility index (Phi) is 5.54. The van der Waals surface area contributed by atoms with Crippen molar-refractivity contribution in [3.8, 4) is 0 Å². The van der Waals surface area contributed by atoms with Crippen molar-refractivity contribution in [2.75, 3.05) is 11.9 Å². The second-order valence-electron chi connectivity index (χ2n) is 6.52. The zero-order chi connectivity index (χ0) is 22.1. The minimum Gasteiger partial charge on any atom is -0.452 e. The lowest BCUT2D eigenvalue weighted by Gasteiger charge is -2.19. The van der Waals surface area contributed by atoms with Gasteiger partial charge in [0.25, 0.3) is 5.91 Å².